The van der Waals surface area contributed by atoms with Crippen molar-refractivity contribution < 1.29 is 22.5 Å². The first-order valence-corrected chi connectivity index (χ1v) is 7.37. The highest BCUT2D eigenvalue weighted by molar-refractivity contribution is 6.61. The summed E-state index contributed by atoms with van der Waals surface area (Å²) >= 11 is 0. The Labute approximate surface area is 129 Å². The zero-order valence-electron chi connectivity index (χ0n) is 13.6. The highest BCUT2D eigenvalue weighted by atomic mass is 19.4. The smallest absolute Gasteiger partial charge is 0.399 e. The van der Waals surface area contributed by atoms with Crippen LogP contribution in [0.15, 0.2) is 12.4 Å². The molecule has 1 aromatic rings. The largest absolute Gasteiger partial charge is 0.498 e. The molecule has 0 aromatic carbocycles. The van der Waals surface area contributed by atoms with Gasteiger partial charge in [-0.2, -0.15) is 18.3 Å². The van der Waals surface area contributed by atoms with Gasteiger partial charge in [0.15, 0.2) is 0 Å². The van der Waals surface area contributed by atoms with E-state index in [2.05, 4.69) is 5.10 Å². The van der Waals surface area contributed by atoms with Gasteiger partial charge in [0.05, 0.1) is 17.1 Å². The van der Waals surface area contributed by atoms with Crippen LogP contribution in [0.2, 0.25) is 0 Å². The predicted molar refractivity (Wildman–Crippen MR) is 77.8 cm³/mol. The Morgan fingerprint density at radius 2 is 1.77 bits per heavy atom. The first-order valence-electron chi connectivity index (χ1n) is 7.37. The molecule has 1 aliphatic rings. The van der Waals surface area contributed by atoms with E-state index < -0.39 is 30.4 Å². The summed E-state index contributed by atoms with van der Waals surface area (Å²) in [5.41, 5.74) is -0.187. The molecule has 2 rings (SSSR count). The number of aromatic nitrogens is 2. The summed E-state index contributed by atoms with van der Waals surface area (Å²) < 4.78 is 50.8. The van der Waals surface area contributed by atoms with Crippen LogP contribution in [-0.4, -0.2) is 34.3 Å². The first kappa shape index (κ1) is 17.3. The summed E-state index contributed by atoms with van der Waals surface area (Å²) in [7, 11) is -0.543. The van der Waals surface area contributed by atoms with Gasteiger partial charge in [-0.25, -0.2) is 0 Å². The van der Waals surface area contributed by atoms with E-state index in [9.17, 15) is 13.2 Å². The molecule has 124 valence electrons. The van der Waals surface area contributed by atoms with Gasteiger partial charge in [0.25, 0.3) is 0 Å². The lowest BCUT2D eigenvalue weighted by molar-refractivity contribution is -0.171. The summed E-state index contributed by atoms with van der Waals surface area (Å²) in [5.74, 6) is -1.35. The lowest BCUT2D eigenvalue weighted by Crippen LogP contribution is -2.41. The summed E-state index contributed by atoms with van der Waals surface area (Å²) in [5, 5.41) is 4.10. The van der Waals surface area contributed by atoms with Gasteiger partial charge in [0, 0.05) is 24.4 Å². The van der Waals surface area contributed by atoms with Crippen molar-refractivity contribution in [3.63, 3.8) is 0 Å². The number of alkyl halides is 3. The molecule has 0 radical (unpaired) electrons. The van der Waals surface area contributed by atoms with Gasteiger partial charge in [-0.1, -0.05) is 6.92 Å². The number of nitrogens with zero attached hydrogens (tertiary/aromatic N) is 2. The maximum absolute atomic E-state index is 12.5. The molecule has 1 saturated heterocycles. The molecule has 1 fully saturated rings. The third kappa shape index (κ3) is 3.48. The van der Waals surface area contributed by atoms with E-state index in [1.807, 2.05) is 27.7 Å². The van der Waals surface area contributed by atoms with Crippen LogP contribution >= 0.6 is 0 Å². The molecule has 1 unspecified atom stereocenters. The second kappa shape index (κ2) is 5.56. The molecular formula is C14H22BF3N2O2. The van der Waals surface area contributed by atoms with E-state index in [0.29, 0.717) is 0 Å². The van der Waals surface area contributed by atoms with Crippen molar-refractivity contribution >= 4 is 12.6 Å². The summed E-state index contributed by atoms with van der Waals surface area (Å²) in [4.78, 5) is 0. The second-order valence-electron chi connectivity index (χ2n) is 6.86. The van der Waals surface area contributed by atoms with Crippen LogP contribution in [0.1, 0.15) is 41.0 Å². The summed E-state index contributed by atoms with van der Waals surface area (Å²) in [6.45, 7) is 9.18. The van der Waals surface area contributed by atoms with Gasteiger partial charge in [0.1, 0.15) is 0 Å². The van der Waals surface area contributed by atoms with Gasteiger partial charge in [-0.3, -0.25) is 4.68 Å². The Morgan fingerprint density at radius 3 is 2.27 bits per heavy atom. The van der Waals surface area contributed by atoms with Gasteiger partial charge in [0.2, 0.25) is 0 Å². The van der Waals surface area contributed by atoms with Crippen molar-refractivity contribution in [3.8, 4) is 0 Å². The number of hydrogen-bond acceptors (Lipinski definition) is 3. The SMILES string of the molecule is CC(CCn1cc(B2OC(C)(C)C(C)(C)O2)cn1)C(F)(F)F. The van der Waals surface area contributed by atoms with Crippen LogP contribution in [0.3, 0.4) is 0 Å². The van der Waals surface area contributed by atoms with Crippen LogP contribution in [0.4, 0.5) is 13.2 Å². The molecule has 0 N–H and O–H groups in total. The third-order valence-electron chi connectivity index (χ3n) is 4.53. The number of aryl methyl sites for hydroxylation is 1. The van der Waals surface area contributed by atoms with Crippen LogP contribution in [0, 0.1) is 5.92 Å². The standard InChI is InChI=1S/C14H22BF3N2O2/c1-10(14(16,17)18)6-7-20-9-11(8-19-20)15-21-12(2,3)13(4,5)22-15/h8-10H,6-7H2,1-5H3. The highest BCUT2D eigenvalue weighted by Gasteiger charge is 2.52. The molecule has 0 saturated carbocycles. The van der Waals surface area contributed by atoms with Crippen molar-refractivity contribution in [2.45, 2.75) is 65.0 Å². The Kier molecular flexibility index (Phi) is 4.38. The maximum Gasteiger partial charge on any atom is 0.498 e. The molecule has 22 heavy (non-hydrogen) atoms. The lowest BCUT2D eigenvalue weighted by Gasteiger charge is -2.32. The van der Waals surface area contributed by atoms with Crippen LogP contribution in [0.5, 0.6) is 0 Å². The third-order valence-corrected chi connectivity index (χ3v) is 4.53. The Morgan fingerprint density at radius 1 is 1.23 bits per heavy atom. The highest BCUT2D eigenvalue weighted by Crippen LogP contribution is 2.36. The predicted octanol–water partition coefficient (Wildman–Crippen LogP) is 2.77. The van der Waals surface area contributed by atoms with Crippen LogP contribution < -0.4 is 5.46 Å². The van der Waals surface area contributed by atoms with Crippen LogP contribution in [0.25, 0.3) is 0 Å². The molecule has 0 amide bonds. The fourth-order valence-electron chi connectivity index (χ4n) is 2.09. The van der Waals surface area contributed by atoms with E-state index in [1.165, 1.54) is 11.6 Å². The molecule has 8 heteroatoms. The molecule has 1 aliphatic heterocycles. The quantitative estimate of drug-likeness (QED) is 0.801. The summed E-state index contributed by atoms with van der Waals surface area (Å²) in [6, 6.07) is 0. The number of halogens is 3. The molecule has 0 aliphatic carbocycles. The number of rotatable bonds is 4. The Hall–Kier alpha value is -1.02. The van der Waals surface area contributed by atoms with Crippen molar-refractivity contribution in [3.05, 3.63) is 12.4 Å². The molecule has 0 spiro atoms. The van der Waals surface area contributed by atoms with E-state index in [1.54, 1.807) is 12.4 Å². The van der Waals surface area contributed by atoms with Gasteiger partial charge in [-0.05, 0) is 34.1 Å². The fraction of sp³-hybridized carbons (Fsp3) is 0.786. The average Bonchev–Trinajstić information content (AvgIpc) is 2.88. The maximum atomic E-state index is 12.5. The van der Waals surface area contributed by atoms with E-state index in [0.717, 1.165) is 5.46 Å². The zero-order chi connectivity index (χ0) is 16.8. The minimum Gasteiger partial charge on any atom is -0.399 e. The Bertz CT molecular complexity index is 512. The van der Waals surface area contributed by atoms with E-state index >= 15 is 0 Å². The zero-order valence-corrected chi connectivity index (χ0v) is 13.6. The molecule has 1 aromatic heterocycles. The van der Waals surface area contributed by atoms with Crippen molar-refractivity contribution in [2.75, 3.05) is 0 Å². The van der Waals surface area contributed by atoms with Crippen molar-refractivity contribution in [2.24, 2.45) is 5.92 Å². The van der Waals surface area contributed by atoms with E-state index in [4.69, 9.17) is 9.31 Å². The molecule has 4 nitrogen and oxygen atoms in total. The van der Waals surface area contributed by atoms with E-state index in [-0.39, 0.29) is 13.0 Å². The Balaban J connectivity index is 1.98. The van der Waals surface area contributed by atoms with Gasteiger partial charge < -0.3 is 9.31 Å². The van der Waals surface area contributed by atoms with Crippen LogP contribution in [-0.2, 0) is 15.9 Å². The van der Waals surface area contributed by atoms with Gasteiger partial charge in [-0.15, -0.1) is 0 Å². The monoisotopic (exact) mass is 318 g/mol. The minimum atomic E-state index is -4.16. The fourth-order valence-corrected chi connectivity index (χ4v) is 2.09. The van der Waals surface area contributed by atoms with Crippen molar-refractivity contribution in [1.29, 1.82) is 0 Å². The average molecular weight is 318 g/mol. The molecule has 1 atom stereocenters. The molecular weight excluding hydrogens is 296 g/mol. The normalized spacial score (nSPS) is 22.1. The first-order chi connectivity index (χ1) is 9.92. The topological polar surface area (TPSA) is 36.3 Å². The lowest BCUT2D eigenvalue weighted by atomic mass is 9.82. The van der Waals surface area contributed by atoms with Crippen molar-refractivity contribution in [1.82, 2.24) is 9.78 Å². The number of hydrogen-bond donors (Lipinski definition) is 0. The minimum absolute atomic E-state index is 0.00597. The van der Waals surface area contributed by atoms with Gasteiger partial charge >= 0.3 is 13.3 Å². The second-order valence-corrected chi connectivity index (χ2v) is 6.86. The molecule has 0 bridgehead atoms. The molecule has 2 heterocycles. The summed E-state index contributed by atoms with van der Waals surface area (Å²) in [6.07, 6.45) is -0.901.